The van der Waals surface area contributed by atoms with E-state index in [1.807, 2.05) is 18.2 Å². The molecule has 0 saturated heterocycles. The topological polar surface area (TPSA) is 26.0 Å². The first-order valence-electron chi connectivity index (χ1n) is 6.02. The molecule has 0 bridgehead atoms. The zero-order chi connectivity index (χ0) is 12.8. The van der Waals surface area contributed by atoms with Crippen LogP contribution in [0.4, 0.5) is 0 Å². The third-order valence-electron chi connectivity index (χ3n) is 2.71. The Balaban J connectivity index is 2.17. The lowest BCUT2D eigenvalue weighted by Crippen LogP contribution is -1.94. The number of hydrogen-bond donors (Lipinski definition) is 1. The maximum absolute atomic E-state index is 5.99. The number of benzene rings is 2. The summed E-state index contributed by atoms with van der Waals surface area (Å²) in [6.07, 6.45) is 5.10. The monoisotopic (exact) mass is 257 g/mol. The zero-order valence-electron chi connectivity index (χ0n) is 10.1. The van der Waals surface area contributed by atoms with Crippen molar-refractivity contribution >= 4 is 17.7 Å². The molecule has 0 spiro atoms. The van der Waals surface area contributed by atoms with Gasteiger partial charge in [0.25, 0.3) is 0 Å². The van der Waals surface area contributed by atoms with Crippen molar-refractivity contribution in [3.63, 3.8) is 0 Å². The second kappa shape index (κ2) is 6.39. The molecule has 2 aromatic carbocycles. The van der Waals surface area contributed by atoms with Crippen molar-refractivity contribution in [2.45, 2.75) is 6.42 Å². The summed E-state index contributed by atoms with van der Waals surface area (Å²) in [6.45, 7) is 0.692. The Kier molecular flexibility index (Phi) is 4.57. The van der Waals surface area contributed by atoms with E-state index in [0.717, 1.165) is 17.0 Å². The molecule has 0 unspecified atom stereocenters. The highest BCUT2D eigenvalue weighted by atomic mass is 35.5. The van der Waals surface area contributed by atoms with E-state index >= 15 is 0 Å². The van der Waals surface area contributed by atoms with E-state index in [-0.39, 0.29) is 0 Å². The van der Waals surface area contributed by atoms with Crippen molar-refractivity contribution in [2.75, 3.05) is 6.54 Å². The van der Waals surface area contributed by atoms with E-state index in [4.69, 9.17) is 17.3 Å². The second-order valence-electron chi connectivity index (χ2n) is 4.11. The van der Waals surface area contributed by atoms with Crippen molar-refractivity contribution in [1.29, 1.82) is 0 Å². The van der Waals surface area contributed by atoms with Crippen molar-refractivity contribution in [1.82, 2.24) is 0 Å². The van der Waals surface area contributed by atoms with E-state index in [2.05, 4.69) is 42.5 Å². The lowest BCUT2D eigenvalue weighted by Gasteiger charge is -2.02. The highest BCUT2D eigenvalue weighted by Crippen LogP contribution is 2.23. The fraction of sp³-hybridized carbons (Fsp3) is 0.125. The Hall–Kier alpha value is -1.57. The van der Waals surface area contributed by atoms with Gasteiger partial charge in [0.15, 0.2) is 0 Å². The first-order chi connectivity index (χ1) is 8.79. The van der Waals surface area contributed by atoms with Gasteiger partial charge in [0.2, 0.25) is 0 Å². The minimum atomic E-state index is 0.692. The van der Waals surface area contributed by atoms with Crippen LogP contribution in [0.3, 0.4) is 0 Å². The molecule has 2 rings (SSSR count). The molecule has 92 valence electrons. The summed E-state index contributed by atoms with van der Waals surface area (Å²) in [6, 6.07) is 16.3. The lowest BCUT2D eigenvalue weighted by atomic mass is 10.0. The first-order valence-corrected chi connectivity index (χ1v) is 6.40. The standard InChI is InChI=1S/C16H16ClN/c17-16-6-3-5-15(12-16)14-9-7-13(8-10-14)4-1-2-11-18/h1,3-10,12H,2,11,18H2/b4-1+. The van der Waals surface area contributed by atoms with E-state index in [0.29, 0.717) is 6.54 Å². The molecule has 0 aromatic heterocycles. The highest BCUT2D eigenvalue weighted by molar-refractivity contribution is 6.30. The molecule has 0 aliphatic heterocycles. The maximum atomic E-state index is 5.99. The van der Waals surface area contributed by atoms with Gasteiger partial charge in [-0.15, -0.1) is 0 Å². The minimum Gasteiger partial charge on any atom is -0.330 e. The molecule has 0 aliphatic rings. The Labute approximate surface area is 113 Å². The van der Waals surface area contributed by atoms with E-state index < -0.39 is 0 Å². The molecule has 0 fully saturated rings. The van der Waals surface area contributed by atoms with Crippen LogP contribution in [-0.2, 0) is 0 Å². The molecular weight excluding hydrogens is 242 g/mol. The lowest BCUT2D eigenvalue weighted by molar-refractivity contribution is 1.01. The number of halogens is 1. The van der Waals surface area contributed by atoms with Gasteiger partial charge in [-0.25, -0.2) is 0 Å². The fourth-order valence-corrected chi connectivity index (χ4v) is 1.96. The number of hydrogen-bond acceptors (Lipinski definition) is 1. The maximum Gasteiger partial charge on any atom is 0.0412 e. The van der Waals surface area contributed by atoms with E-state index in [1.54, 1.807) is 0 Å². The van der Waals surface area contributed by atoms with Crippen molar-refractivity contribution in [3.8, 4) is 11.1 Å². The largest absolute Gasteiger partial charge is 0.330 e. The van der Waals surface area contributed by atoms with Crippen LogP contribution in [0.25, 0.3) is 17.2 Å². The summed E-state index contributed by atoms with van der Waals surface area (Å²) in [4.78, 5) is 0. The molecule has 0 radical (unpaired) electrons. The summed E-state index contributed by atoms with van der Waals surface area (Å²) in [7, 11) is 0. The molecular formula is C16H16ClN. The zero-order valence-corrected chi connectivity index (χ0v) is 10.9. The third-order valence-corrected chi connectivity index (χ3v) is 2.95. The minimum absolute atomic E-state index is 0.692. The summed E-state index contributed by atoms with van der Waals surface area (Å²) in [5.74, 6) is 0. The fourth-order valence-electron chi connectivity index (χ4n) is 1.77. The van der Waals surface area contributed by atoms with Gasteiger partial charge in [-0.05, 0) is 41.8 Å². The molecule has 18 heavy (non-hydrogen) atoms. The Morgan fingerprint density at radius 3 is 2.44 bits per heavy atom. The van der Waals surface area contributed by atoms with E-state index in [9.17, 15) is 0 Å². The number of rotatable bonds is 4. The Morgan fingerprint density at radius 2 is 1.78 bits per heavy atom. The Morgan fingerprint density at radius 1 is 1.00 bits per heavy atom. The van der Waals surface area contributed by atoms with Gasteiger partial charge in [0, 0.05) is 5.02 Å². The Bertz CT molecular complexity index is 529. The molecule has 0 aliphatic carbocycles. The normalized spacial score (nSPS) is 11.0. The van der Waals surface area contributed by atoms with Gasteiger partial charge in [-0.2, -0.15) is 0 Å². The van der Waals surface area contributed by atoms with Crippen molar-refractivity contribution in [3.05, 3.63) is 65.2 Å². The first kappa shape index (κ1) is 12.9. The van der Waals surface area contributed by atoms with Crippen molar-refractivity contribution < 1.29 is 0 Å². The SMILES string of the molecule is NCC/C=C/c1ccc(-c2cccc(Cl)c2)cc1. The van der Waals surface area contributed by atoms with Gasteiger partial charge in [-0.1, -0.05) is 60.2 Å². The van der Waals surface area contributed by atoms with Gasteiger partial charge in [0.1, 0.15) is 0 Å². The summed E-state index contributed by atoms with van der Waals surface area (Å²) in [5.41, 5.74) is 8.95. The van der Waals surface area contributed by atoms with Crippen LogP contribution in [0, 0.1) is 0 Å². The summed E-state index contributed by atoms with van der Waals surface area (Å²) < 4.78 is 0. The average Bonchev–Trinajstić information content (AvgIpc) is 2.40. The average molecular weight is 258 g/mol. The van der Waals surface area contributed by atoms with Crippen molar-refractivity contribution in [2.24, 2.45) is 5.73 Å². The summed E-state index contributed by atoms with van der Waals surface area (Å²) >= 11 is 5.99. The van der Waals surface area contributed by atoms with Gasteiger partial charge < -0.3 is 5.73 Å². The van der Waals surface area contributed by atoms with Crippen LogP contribution in [0.1, 0.15) is 12.0 Å². The molecule has 2 heteroatoms. The van der Waals surface area contributed by atoms with Gasteiger partial charge in [-0.3, -0.25) is 0 Å². The second-order valence-corrected chi connectivity index (χ2v) is 4.55. The summed E-state index contributed by atoms with van der Waals surface area (Å²) in [5, 5.41) is 0.763. The molecule has 2 N–H and O–H groups in total. The smallest absolute Gasteiger partial charge is 0.0412 e. The van der Waals surface area contributed by atoms with Crippen LogP contribution >= 0.6 is 11.6 Å². The molecule has 1 nitrogen and oxygen atoms in total. The predicted molar refractivity (Wildman–Crippen MR) is 79.6 cm³/mol. The van der Waals surface area contributed by atoms with Crippen LogP contribution in [-0.4, -0.2) is 6.54 Å². The van der Waals surface area contributed by atoms with Crippen LogP contribution in [0.5, 0.6) is 0 Å². The highest BCUT2D eigenvalue weighted by Gasteiger charge is 1.97. The quantitative estimate of drug-likeness (QED) is 0.865. The van der Waals surface area contributed by atoms with Crippen LogP contribution < -0.4 is 5.73 Å². The molecule has 0 atom stereocenters. The molecule has 0 saturated carbocycles. The third kappa shape index (κ3) is 3.46. The van der Waals surface area contributed by atoms with Crippen LogP contribution in [0.2, 0.25) is 5.02 Å². The molecule has 0 amide bonds. The van der Waals surface area contributed by atoms with Gasteiger partial charge >= 0.3 is 0 Å². The number of nitrogens with two attached hydrogens (primary N) is 1. The predicted octanol–water partition coefficient (Wildman–Crippen LogP) is 4.37. The van der Waals surface area contributed by atoms with Crippen LogP contribution in [0.15, 0.2) is 54.6 Å². The van der Waals surface area contributed by atoms with E-state index in [1.165, 1.54) is 11.1 Å². The molecule has 0 heterocycles. The van der Waals surface area contributed by atoms with Gasteiger partial charge in [0.05, 0.1) is 0 Å². The molecule has 2 aromatic rings.